The van der Waals surface area contributed by atoms with Crippen molar-refractivity contribution in [2.75, 3.05) is 6.54 Å². The van der Waals surface area contributed by atoms with E-state index in [2.05, 4.69) is 15.5 Å². The fourth-order valence-electron chi connectivity index (χ4n) is 2.23. The standard InChI is InChI=1S/C13H15N3O2S2.ClH/c17-20(18,10-5-2-1-3-6-10)9-12-15-16-13(19-12)11-7-4-8-14-11;/h1-3,5-6,11,14H,4,7-9H2;1H. The molecule has 2 heterocycles. The monoisotopic (exact) mass is 345 g/mol. The van der Waals surface area contributed by atoms with Gasteiger partial charge in [0.25, 0.3) is 0 Å². The SMILES string of the molecule is Cl.O=S(=O)(Cc1nnc(C2CCCN2)s1)c1ccccc1. The van der Waals surface area contributed by atoms with E-state index in [1.165, 1.54) is 11.3 Å². The van der Waals surface area contributed by atoms with Crippen molar-refractivity contribution in [2.24, 2.45) is 0 Å². The lowest BCUT2D eigenvalue weighted by molar-refractivity contribution is 0.595. The maximum absolute atomic E-state index is 12.3. The number of aromatic nitrogens is 2. The van der Waals surface area contributed by atoms with Crippen LogP contribution in [0.5, 0.6) is 0 Å². The minimum atomic E-state index is -3.34. The van der Waals surface area contributed by atoms with E-state index in [1.54, 1.807) is 30.3 Å². The molecule has 1 atom stereocenters. The zero-order valence-electron chi connectivity index (χ0n) is 11.2. The minimum absolute atomic E-state index is 0. The second-order valence-electron chi connectivity index (χ2n) is 4.76. The molecule has 5 nitrogen and oxygen atoms in total. The third-order valence-corrected chi connectivity index (χ3v) is 6.12. The average Bonchev–Trinajstić information content (AvgIpc) is 3.10. The number of nitrogens with one attached hydrogen (secondary N) is 1. The van der Waals surface area contributed by atoms with Crippen LogP contribution in [0.2, 0.25) is 0 Å². The van der Waals surface area contributed by atoms with Gasteiger partial charge in [-0.3, -0.25) is 0 Å². The van der Waals surface area contributed by atoms with Crippen molar-refractivity contribution in [1.29, 1.82) is 0 Å². The second kappa shape index (κ2) is 6.83. The van der Waals surface area contributed by atoms with E-state index in [9.17, 15) is 8.42 Å². The molecule has 8 heteroatoms. The molecule has 1 aliphatic rings. The molecule has 0 aliphatic carbocycles. The number of benzene rings is 1. The lowest BCUT2D eigenvalue weighted by Gasteiger charge is -2.03. The predicted octanol–water partition coefficient (Wildman–Crippen LogP) is 2.36. The summed E-state index contributed by atoms with van der Waals surface area (Å²) >= 11 is 1.39. The summed E-state index contributed by atoms with van der Waals surface area (Å²) in [5.41, 5.74) is 0. The van der Waals surface area contributed by atoms with Gasteiger partial charge in [0.2, 0.25) is 0 Å². The summed E-state index contributed by atoms with van der Waals surface area (Å²) in [5.74, 6) is -0.0819. The lowest BCUT2D eigenvalue weighted by Crippen LogP contribution is -2.12. The Morgan fingerprint density at radius 3 is 2.67 bits per heavy atom. The highest BCUT2D eigenvalue weighted by Crippen LogP contribution is 2.27. The quantitative estimate of drug-likeness (QED) is 0.921. The zero-order chi connectivity index (χ0) is 14.0. The van der Waals surface area contributed by atoms with Gasteiger partial charge in [-0.15, -0.1) is 22.6 Å². The van der Waals surface area contributed by atoms with Crippen molar-refractivity contribution < 1.29 is 8.42 Å². The van der Waals surface area contributed by atoms with E-state index in [4.69, 9.17) is 0 Å². The fourth-order valence-corrected chi connectivity index (χ4v) is 4.81. The molecule has 1 N–H and O–H groups in total. The predicted molar refractivity (Wildman–Crippen MR) is 84.5 cm³/mol. The molecule has 114 valence electrons. The van der Waals surface area contributed by atoms with E-state index in [-0.39, 0.29) is 24.2 Å². The number of hydrogen-bond acceptors (Lipinski definition) is 6. The van der Waals surface area contributed by atoms with Gasteiger partial charge < -0.3 is 5.32 Å². The normalized spacial score (nSPS) is 18.4. The average molecular weight is 346 g/mol. The molecular weight excluding hydrogens is 330 g/mol. The van der Waals surface area contributed by atoms with Crippen LogP contribution in [0.4, 0.5) is 0 Å². The number of halogens is 1. The maximum Gasteiger partial charge on any atom is 0.184 e. The molecule has 1 fully saturated rings. The highest BCUT2D eigenvalue weighted by molar-refractivity contribution is 7.90. The molecule has 1 unspecified atom stereocenters. The molecular formula is C13H16ClN3O2S2. The summed E-state index contributed by atoms with van der Waals surface area (Å²) in [6.45, 7) is 0.988. The molecule has 0 spiro atoms. The first-order chi connectivity index (χ1) is 9.65. The Morgan fingerprint density at radius 2 is 2.00 bits per heavy atom. The first kappa shape index (κ1) is 16.4. The molecule has 1 aromatic heterocycles. The first-order valence-electron chi connectivity index (χ1n) is 6.48. The lowest BCUT2D eigenvalue weighted by atomic mass is 10.2. The Bertz CT molecular complexity index is 682. The van der Waals surface area contributed by atoms with Crippen molar-refractivity contribution in [1.82, 2.24) is 15.5 Å². The number of hydrogen-bond donors (Lipinski definition) is 1. The molecule has 2 aromatic rings. The molecule has 21 heavy (non-hydrogen) atoms. The van der Waals surface area contributed by atoms with Gasteiger partial charge in [-0.05, 0) is 31.5 Å². The van der Waals surface area contributed by atoms with Crippen molar-refractivity contribution >= 4 is 33.6 Å². The van der Waals surface area contributed by atoms with Gasteiger partial charge in [-0.25, -0.2) is 8.42 Å². The van der Waals surface area contributed by atoms with Gasteiger partial charge in [-0.2, -0.15) is 0 Å². The largest absolute Gasteiger partial charge is 0.308 e. The van der Waals surface area contributed by atoms with Crippen molar-refractivity contribution in [3.05, 3.63) is 40.3 Å². The molecule has 3 rings (SSSR count). The van der Waals surface area contributed by atoms with Crippen LogP contribution in [0.1, 0.15) is 28.9 Å². The molecule has 1 aromatic carbocycles. The smallest absolute Gasteiger partial charge is 0.184 e. The topological polar surface area (TPSA) is 72.0 Å². The summed E-state index contributed by atoms with van der Waals surface area (Å²) in [4.78, 5) is 0.329. The van der Waals surface area contributed by atoms with Gasteiger partial charge in [0.15, 0.2) is 9.84 Å². The Balaban J connectivity index is 0.00000161. The Hall–Kier alpha value is -1.02. The summed E-state index contributed by atoms with van der Waals surface area (Å²) in [5, 5.41) is 12.9. The number of nitrogens with zero attached hydrogens (tertiary/aromatic N) is 2. The number of rotatable bonds is 4. The highest BCUT2D eigenvalue weighted by atomic mass is 35.5. The fraction of sp³-hybridized carbons (Fsp3) is 0.385. The van der Waals surface area contributed by atoms with Crippen molar-refractivity contribution in [3.8, 4) is 0 Å². The third-order valence-electron chi connectivity index (χ3n) is 3.26. The Kier molecular flexibility index (Phi) is 5.32. The van der Waals surface area contributed by atoms with Crippen LogP contribution in [-0.4, -0.2) is 25.2 Å². The van der Waals surface area contributed by atoms with E-state index >= 15 is 0 Å². The van der Waals surface area contributed by atoms with Crippen LogP contribution in [0, 0.1) is 0 Å². The van der Waals surface area contributed by atoms with Gasteiger partial charge in [0.1, 0.15) is 15.8 Å². The van der Waals surface area contributed by atoms with Crippen LogP contribution < -0.4 is 5.32 Å². The Labute approximate surface area is 134 Å². The summed E-state index contributed by atoms with van der Waals surface area (Å²) < 4.78 is 24.5. The second-order valence-corrected chi connectivity index (χ2v) is 7.84. The van der Waals surface area contributed by atoms with Crippen molar-refractivity contribution in [3.63, 3.8) is 0 Å². The van der Waals surface area contributed by atoms with E-state index in [0.29, 0.717) is 9.90 Å². The van der Waals surface area contributed by atoms with Crippen LogP contribution in [0.15, 0.2) is 35.2 Å². The van der Waals surface area contributed by atoms with Crippen LogP contribution in [0.25, 0.3) is 0 Å². The Morgan fingerprint density at radius 1 is 1.24 bits per heavy atom. The van der Waals surface area contributed by atoms with Crippen LogP contribution in [-0.2, 0) is 15.6 Å². The maximum atomic E-state index is 12.3. The van der Waals surface area contributed by atoms with E-state index < -0.39 is 9.84 Å². The van der Waals surface area contributed by atoms with E-state index in [1.807, 2.05) is 0 Å². The zero-order valence-corrected chi connectivity index (χ0v) is 13.7. The molecule has 1 aliphatic heterocycles. The first-order valence-corrected chi connectivity index (χ1v) is 8.95. The molecule has 0 saturated carbocycles. The summed E-state index contributed by atoms with van der Waals surface area (Å²) in [7, 11) is -3.34. The van der Waals surface area contributed by atoms with Gasteiger partial charge in [0.05, 0.1) is 10.9 Å². The number of sulfone groups is 1. The summed E-state index contributed by atoms with van der Waals surface area (Å²) in [6, 6.07) is 8.70. The van der Waals surface area contributed by atoms with Gasteiger partial charge in [0, 0.05) is 0 Å². The van der Waals surface area contributed by atoms with E-state index in [0.717, 1.165) is 24.4 Å². The van der Waals surface area contributed by atoms with Crippen LogP contribution in [0.3, 0.4) is 0 Å². The molecule has 0 radical (unpaired) electrons. The van der Waals surface area contributed by atoms with Gasteiger partial charge >= 0.3 is 0 Å². The third kappa shape index (κ3) is 3.79. The molecule has 0 amide bonds. The van der Waals surface area contributed by atoms with Gasteiger partial charge in [-0.1, -0.05) is 29.5 Å². The minimum Gasteiger partial charge on any atom is -0.308 e. The highest BCUT2D eigenvalue weighted by Gasteiger charge is 2.23. The molecule has 0 bridgehead atoms. The van der Waals surface area contributed by atoms with Crippen molar-refractivity contribution in [2.45, 2.75) is 29.5 Å². The van der Waals surface area contributed by atoms with Crippen LogP contribution >= 0.6 is 23.7 Å². The summed E-state index contributed by atoms with van der Waals surface area (Å²) in [6.07, 6.45) is 2.17. The molecule has 1 saturated heterocycles.